The molecule has 2 nitrogen and oxygen atoms in total. The van der Waals surface area contributed by atoms with Gasteiger partial charge in [-0.1, -0.05) is 21.6 Å². The maximum absolute atomic E-state index is 9.68. The van der Waals surface area contributed by atoms with E-state index >= 15 is 0 Å². The number of carbonyl (C=O) groups is 1. The summed E-state index contributed by atoms with van der Waals surface area (Å²) in [4.78, 5) is 9.68. The van der Waals surface area contributed by atoms with Crippen molar-refractivity contribution in [3.8, 4) is 0 Å². The number of hydrogen-bond donors (Lipinski definition) is 0. The van der Waals surface area contributed by atoms with Crippen molar-refractivity contribution < 1.29 is 9.53 Å². The van der Waals surface area contributed by atoms with Crippen molar-refractivity contribution in [1.82, 2.24) is 0 Å². The minimum absolute atomic E-state index is 0.394. The maximum atomic E-state index is 9.68. The van der Waals surface area contributed by atoms with Gasteiger partial charge < -0.3 is 4.74 Å². The van der Waals surface area contributed by atoms with Gasteiger partial charge in [0, 0.05) is 5.25 Å². The summed E-state index contributed by atoms with van der Waals surface area (Å²) in [6.07, 6.45) is 2.00. The molecule has 0 rings (SSSR count). The Morgan fingerprint density at radius 2 is 2.44 bits per heavy atom. The average Bonchev–Trinajstić information content (AvgIpc) is 1.85. The van der Waals surface area contributed by atoms with Crippen molar-refractivity contribution in [3.05, 3.63) is 0 Å². The van der Waals surface area contributed by atoms with Gasteiger partial charge in [-0.3, -0.25) is 4.79 Å². The molecule has 0 unspecified atom stereocenters. The number of ether oxygens (including phenoxy) is 1. The molecule has 0 aromatic rings. The fourth-order valence-electron chi connectivity index (χ4n) is 0.367. The average molecular weight is 166 g/mol. The fourth-order valence-corrected chi connectivity index (χ4v) is 1.98. The summed E-state index contributed by atoms with van der Waals surface area (Å²) in [7, 11) is 3.38. The van der Waals surface area contributed by atoms with E-state index in [0.29, 0.717) is 18.3 Å². The Bertz CT molecular complexity index is 77.4. The molecule has 0 aliphatic carbocycles. The Morgan fingerprint density at radius 1 is 1.78 bits per heavy atom. The van der Waals surface area contributed by atoms with Crippen LogP contribution in [0.4, 0.5) is 0 Å². The maximum Gasteiger partial charge on any atom is 0.293 e. The molecule has 0 bridgehead atoms. The van der Waals surface area contributed by atoms with Gasteiger partial charge in [-0.2, -0.15) is 0 Å². The van der Waals surface area contributed by atoms with Crippen molar-refractivity contribution in [2.45, 2.75) is 12.2 Å². The van der Waals surface area contributed by atoms with Crippen molar-refractivity contribution in [2.75, 3.05) is 12.9 Å². The predicted octanol–water partition coefficient (Wildman–Crippen LogP) is 1.56. The van der Waals surface area contributed by atoms with Crippen molar-refractivity contribution in [3.63, 3.8) is 0 Å². The van der Waals surface area contributed by atoms with E-state index in [1.807, 2.05) is 13.2 Å². The molecule has 0 heterocycles. The standard InChI is InChI=1S/C5H10O2S2/c1-5(9-8-2)3-7-4-6/h4-5H,3H2,1-2H3/t5-/m0/s1. The van der Waals surface area contributed by atoms with Crippen LogP contribution in [-0.4, -0.2) is 24.6 Å². The van der Waals surface area contributed by atoms with E-state index in [9.17, 15) is 4.79 Å². The van der Waals surface area contributed by atoms with Gasteiger partial charge in [0.15, 0.2) is 0 Å². The first-order valence-electron chi connectivity index (χ1n) is 2.56. The van der Waals surface area contributed by atoms with E-state index in [-0.39, 0.29) is 0 Å². The summed E-state index contributed by atoms with van der Waals surface area (Å²) in [6.45, 7) is 3.01. The highest BCUT2D eigenvalue weighted by molar-refractivity contribution is 8.76. The van der Waals surface area contributed by atoms with Crippen LogP contribution < -0.4 is 0 Å². The summed E-state index contributed by atoms with van der Waals surface area (Å²) in [5, 5.41) is 0.394. The van der Waals surface area contributed by atoms with Crippen LogP contribution in [0.5, 0.6) is 0 Å². The molecule has 0 aromatic carbocycles. The van der Waals surface area contributed by atoms with Gasteiger partial charge in [0.2, 0.25) is 0 Å². The van der Waals surface area contributed by atoms with Crippen molar-refractivity contribution >= 4 is 28.1 Å². The van der Waals surface area contributed by atoms with E-state index in [0.717, 1.165) is 0 Å². The first kappa shape index (κ1) is 9.17. The van der Waals surface area contributed by atoms with Gasteiger partial charge in [-0.25, -0.2) is 0 Å². The highest BCUT2D eigenvalue weighted by atomic mass is 33.1. The topological polar surface area (TPSA) is 26.3 Å². The van der Waals surface area contributed by atoms with E-state index in [4.69, 9.17) is 0 Å². The molecule has 54 valence electrons. The second-order valence-electron chi connectivity index (χ2n) is 1.50. The molecule has 0 amide bonds. The smallest absolute Gasteiger partial charge is 0.293 e. The van der Waals surface area contributed by atoms with Gasteiger partial charge in [-0.05, 0) is 13.2 Å². The summed E-state index contributed by atoms with van der Waals surface area (Å²) in [6, 6.07) is 0. The largest absolute Gasteiger partial charge is 0.467 e. The molecule has 9 heavy (non-hydrogen) atoms. The highest BCUT2D eigenvalue weighted by Crippen LogP contribution is 2.22. The molecule has 0 aliphatic rings. The Balaban J connectivity index is 3.04. The number of rotatable bonds is 5. The molecule has 0 radical (unpaired) electrons. The molecule has 1 atom stereocenters. The molecular formula is C5H10O2S2. The lowest BCUT2D eigenvalue weighted by Gasteiger charge is -2.05. The van der Waals surface area contributed by atoms with Crippen LogP contribution in [0.3, 0.4) is 0 Å². The molecule has 4 heteroatoms. The molecule has 0 aromatic heterocycles. The van der Waals surface area contributed by atoms with Crippen LogP contribution in [0.25, 0.3) is 0 Å². The van der Waals surface area contributed by atoms with E-state index in [1.165, 1.54) is 0 Å². The van der Waals surface area contributed by atoms with Crippen molar-refractivity contribution in [1.29, 1.82) is 0 Å². The third-order valence-corrected chi connectivity index (χ3v) is 2.88. The van der Waals surface area contributed by atoms with Crippen LogP contribution in [0, 0.1) is 0 Å². The molecule has 0 saturated heterocycles. The zero-order valence-corrected chi connectivity index (χ0v) is 7.13. The minimum Gasteiger partial charge on any atom is -0.467 e. The van der Waals surface area contributed by atoms with Crippen LogP contribution in [0.2, 0.25) is 0 Å². The van der Waals surface area contributed by atoms with E-state index in [1.54, 1.807) is 21.6 Å². The van der Waals surface area contributed by atoms with Crippen LogP contribution >= 0.6 is 21.6 Å². The van der Waals surface area contributed by atoms with E-state index in [2.05, 4.69) is 4.74 Å². The van der Waals surface area contributed by atoms with Gasteiger partial charge in [0.25, 0.3) is 6.47 Å². The summed E-state index contributed by atoms with van der Waals surface area (Å²) < 4.78 is 4.53. The minimum atomic E-state index is 0.394. The van der Waals surface area contributed by atoms with Gasteiger partial charge in [0.1, 0.15) is 6.61 Å². The normalized spacial score (nSPS) is 12.7. The lowest BCUT2D eigenvalue weighted by Crippen LogP contribution is -2.04. The zero-order chi connectivity index (χ0) is 7.11. The van der Waals surface area contributed by atoms with Crippen LogP contribution in [-0.2, 0) is 9.53 Å². The summed E-state index contributed by atoms with van der Waals surface area (Å²) in [5.74, 6) is 0. The van der Waals surface area contributed by atoms with E-state index < -0.39 is 0 Å². The van der Waals surface area contributed by atoms with Crippen LogP contribution in [0.15, 0.2) is 0 Å². The zero-order valence-electron chi connectivity index (χ0n) is 5.49. The van der Waals surface area contributed by atoms with Crippen LogP contribution in [0.1, 0.15) is 6.92 Å². The molecule has 0 saturated carbocycles. The Kier molecular flexibility index (Phi) is 6.41. The lowest BCUT2D eigenvalue weighted by molar-refractivity contribution is -0.128. The molecular weight excluding hydrogens is 156 g/mol. The number of hydrogen-bond acceptors (Lipinski definition) is 4. The first-order chi connectivity index (χ1) is 4.31. The Morgan fingerprint density at radius 3 is 2.89 bits per heavy atom. The summed E-state index contributed by atoms with van der Waals surface area (Å²) in [5.41, 5.74) is 0. The van der Waals surface area contributed by atoms with Gasteiger partial charge >= 0.3 is 0 Å². The Labute approximate surface area is 63.1 Å². The van der Waals surface area contributed by atoms with Gasteiger partial charge in [-0.15, -0.1) is 0 Å². The third-order valence-electron chi connectivity index (χ3n) is 0.659. The molecule has 0 fully saturated rings. The highest BCUT2D eigenvalue weighted by Gasteiger charge is 1.99. The fraction of sp³-hybridized carbons (Fsp3) is 0.800. The molecule has 0 spiro atoms. The third kappa shape index (κ3) is 6.05. The van der Waals surface area contributed by atoms with Gasteiger partial charge in [0.05, 0.1) is 0 Å². The molecule has 0 N–H and O–H groups in total. The summed E-state index contributed by atoms with van der Waals surface area (Å²) >= 11 is 0. The molecule has 0 aliphatic heterocycles. The van der Waals surface area contributed by atoms with Crippen molar-refractivity contribution in [2.24, 2.45) is 0 Å². The SMILES string of the molecule is CSS[C@@H](C)COC=O. The second kappa shape index (κ2) is 6.29. The second-order valence-corrected chi connectivity index (χ2v) is 4.41. The predicted molar refractivity (Wildman–Crippen MR) is 42.6 cm³/mol. The quantitative estimate of drug-likeness (QED) is 0.457. The lowest BCUT2D eigenvalue weighted by atomic mass is 10.5. The monoisotopic (exact) mass is 166 g/mol. The Hall–Kier alpha value is 0.170. The number of carbonyl (C=O) groups excluding carboxylic acids is 1. The first-order valence-corrected chi connectivity index (χ1v) is 5.18.